The van der Waals surface area contributed by atoms with E-state index in [1.165, 1.54) is 18.3 Å². The quantitative estimate of drug-likeness (QED) is 0.307. The number of hydrogen-bond acceptors (Lipinski definition) is 8. The Morgan fingerprint density at radius 1 is 1.41 bits per heavy atom. The highest BCUT2D eigenvalue weighted by molar-refractivity contribution is 6.16. The number of nitro groups is 1. The van der Waals surface area contributed by atoms with E-state index >= 15 is 0 Å². The number of ether oxygens (including phenoxy) is 2. The fraction of sp³-hybridized carbons (Fsp3) is 0.556. The van der Waals surface area contributed by atoms with Crippen LogP contribution in [0.15, 0.2) is 18.3 Å². The summed E-state index contributed by atoms with van der Waals surface area (Å²) in [6.07, 6.45) is 3.16. The Balaban J connectivity index is 2.38. The van der Waals surface area contributed by atoms with Gasteiger partial charge in [-0.2, -0.15) is 0 Å². The van der Waals surface area contributed by atoms with Crippen molar-refractivity contribution in [2.24, 2.45) is 0 Å². The molecule has 0 amide bonds. The van der Waals surface area contributed by atoms with E-state index in [1.807, 2.05) is 0 Å². The molecule has 1 saturated heterocycles. The monoisotopic (exact) mass is 378 g/mol. The minimum Gasteiger partial charge on any atom is -0.474 e. The van der Waals surface area contributed by atoms with Crippen LogP contribution >= 0.6 is 0 Å². The van der Waals surface area contributed by atoms with Gasteiger partial charge in [-0.05, 0) is 26.8 Å². The summed E-state index contributed by atoms with van der Waals surface area (Å²) in [5.41, 5.74) is -0.313. The molecule has 0 unspecified atom stereocenters. The highest BCUT2D eigenvalue weighted by Gasteiger charge is 2.27. The van der Waals surface area contributed by atoms with Crippen LogP contribution in [0, 0.1) is 10.1 Å². The van der Waals surface area contributed by atoms with Crippen LogP contribution in [0.4, 0.5) is 5.69 Å². The first kappa shape index (κ1) is 20.6. The van der Waals surface area contributed by atoms with E-state index in [0.29, 0.717) is 0 Å². The molecule has 1 aromatic heterocycles. The average Bonchev–Trinajstić information content (AvgIpc) is 2.61. The van der Waals surface area contributed by atoms with E-state index in [0.717, 1.165) is 25.9 Å². The van der Waals surface area contributed by atoms with Crippen LogP contribution in [0.2, 0.25) is 0 Å². The summed E-state index contributed by atoms with van der Waals surface area (Å²) in [7, 11) is 5.48. The van der Waals surface area contributed by atoms with Gasteiger partial charge >= 0.3 is 5.97 Å². The van der Waals surface area contributed by atoms with E-state index in [1.54, 1.807) is 25.9 Å². The number of aromatic nitrogens is 1. The molecule has 1 aromatic rings. The van der Waals surface area contributed by atoms with Crippen LogP contribution < -0.4 is 4.74 Å². The van der Waals surface area contributed by atoms with Gasteiger partial charge in [0, 0.05) is 45.5 Å². The third kappa shape index (κ3) is 5.65. The maximum absolute atomic E-state index is 12.4. The molecule has 9 nitrogen and oxygen atoms in total. The summed E-state index contributed by atoms with van der Waals surface area (Å²) in [5.74, 6) is -0.405. The summed E-state index contributed by atoms with van der Waals surface area (Å²) in [6.45, 7) is 3.66. The van der Waals surface area contributed by atoms with Crippen LogP contribution in [-0.4, -0.2) is 72.6 Å². The van der Waals surface area contributed by atoms with E-state index in [2.05, 4.69) is 16.9 Å². The third-order valence-corrected chi connectivity index (χ3v) is 4.14. The van der Waals surface area contributed by atoms with Crippen molar-refractivity contribution in [3.63, 3.8) is 0 Å². The van der Waals surface area contributed by atoms with Crippen LogP contribution in [0.1, 0.15) is 25.5 Å². The van der Waals surface area contributed by atoms with Crippen LogP contribution in [-0.2, 0) is 9.53 Å². The van der Waals surface area contributed by atoms with Crippen molar-refractivity contribution in [1.82, 2.24) is 14.8 Å². The molecule has 0 spiro atoms. The first-order chi connectivity index (χ1) is 12.8. The minimum atomic E-state index is -0.668. The van der Waals surface area contributed by atoms with Gasteiger partial charge in [0.1, 0.15) is 11.7 Å². The van der Waals surface area contributed by atoms with Gasteiger partial charge in [-0.3, -0.25) is 10.1 Å². The molecular weight excluding hydrogens is 352 g/mol. The highest BCUT2D eigenvalue weighted by atomic mass is 16.6. The molecule has 2 rings (SSSR count). The Kier molecular flexibility index (Phi) is 7.12. The number of pyridine rings is 1. The van der Waals surface area contributed by atoms with Crippen LogP contribution in [0.25, 0.3) is 5.57 Å². The standard InChI is InChI=1S/C18H26N4O5/c1-5-26-18(23)14(12-20(2)3)17-15(22(24)25)6-7-16(19-17)27-13-8-10-21(4)11-9-13/h6-7,12-13H,5,8-11H2,1-4H3. The zero-order valence-electron chi connectivity index (χ0n) is 16.2. The van der Waals surface area contributed by atoms with Crippen molar-refractivity contribution >= 4 is 17.2 Å². The second kappa shape index (κ2) is 9.31. The fourth-order valence-corrected chi connectivity index (χ4v) is 2.80. The van der Waals surface area contributed by atoms with Crippen molar-refractivity contribution in [2.75, 3.05) is 40.8 Å². The van der Waals surface area contributed by atoms with Gasteiger partial charge in [-0.15, -0.1) is 0 Å². The lowest BCUT2D eigenvalue weighted by molar-refractivity contribution is -0.385. The molecule has 1 aliphatic heterocycles. The predicted molar refractivity (Wildman–Crippen MR) is 100 cm³/mol. The molecule has 0 saturated carbocycles. The molecule has 0 aromatic carbocycles. The molecule has 27 heavy (non-hydrogen) atoms. The lowest BCUT2D eigenvalue weighted by Crippen LogP contribution is -2.35. The summed E-state index contributed by atoms with van der Waals surface area (Å²) >= 11 is 0. The second-order valence-corrected chi connectivity index (χ2v) is 6.62. The van der Waals surface area contributed by atoms with Crippen molar-refractivity contribution in [3.8, 4) is 5.88 Å². The van der Waals surface area contributed by atoms with Gasteiger partial charge in [-0.25, -0.2) is 9.78 Å². The van der Waals surface area contributed by atoms with Gasteiger partial charge in [0.05, 0.1) is 11.5 Å². The van der Waals surface area contributed by atoms with Crippen molar-refractivity contribution in [2.45, 2.75) is 25.9 Å². The average molecular weight is 378 g/mol. The fourth-order valence-electron chi connectivity index (χ4n) is 2.80. The van der Waals surface area contributed by atoms with Crippen LogP contribution in [0.5, 0.6) is 5.88 Å². The summed E-state index contributed by atoms with van der Waals surface area (Å²) < 4.78 is 11.0. The van der Waals surface area contributed by atoms with E-state index in [4.69, 9.17) is 9.47 Å². The summed E-state index contributed by atoms with van der Waals surface area (Å²) in [4.78, 5) is 31.4. The smallest absolute Gasteiger partial charge is 0.342 e. The van der Waals surface area contributed by atoms with Gasteiger partial charge in [0.15, 0.2) is 5.69 Å². The van der Waals surface area contributed by atoms with Gasteiger partial charge in [0.2, 0.25) is 5.88 Å². The Hall–Kier alpha value is -2.68. The number of piperidine rings is 1. The molecule has 0 radical (unpaired) electrons. The normalized spacial score (nSPS) is 16.1. The van der Waals surface area contributed by atoms with Gasteiger partial charge in [0.25, 0.3) is 5.69 Å². The lowest BCUT2D eigenvalue weighted by atomic mass is 10.1. The lowest BCUT2D eigenvalue weighted by Gasteiger charge is -2.29. The second-order valence-electron chi connectivity index (χ2n) is 6.62. The predicted octanol–water partition coefficient (Wildman–Crippen LogP) is 1.93. The summed E-state index contributed by atoms with van der Waals surface area (Å²) in [5, 5.41) is 11.5. The van der Waals surface area contributed by atoms with Gasteiger partial charge in [-0.1, -0.05) is 0 Å². The van der Waals surface area contributed by atoms with E-state index in [9.17, 15) is 14.9 Å². The summed E-state index contributed by atoms with van der Waals surface area (Å²) in [6, 6.07) is 2.79. The minimum absolute atomic E-state index is 0.00752. The van der Waals surface area contributed by atoms with Gasteiger partial charge < -0.3 is 19.3 Å². The largest absolute Gasteiger partial charge is 0.474 e. The van der Waals surface area contributed by atoms with Crippen molar-refractivity contribution in [1.29, 1.82) is 0 Å². The SMILES string of the molecule is CCOC(=O)C(=CN(C)C)c1nc(OC2CCN(C)CC2)ccc1[N+](=O)[O-]. The molecule has 0 aliphatic carbocycles. The van der Waals surface area contributed by atoms with E-state index in [-0.39, 0.29) is 35.5 Å². The number of nitrogens with zero attached hydrogens (tertiary/aromatic N) is 4. The zero-order chi connectivity index (χ0) is 20.0. The van der Waals surface area contributed by atoms with Crippen molar-refractivity contribution < 1.29 is 19.2 Å². The molecule has 148 valence electrons. The molecule has 1 fully saturated rings. The molecule has 9 heteroatoms. The molecule has 2 heterocycles. The number of rotatable bonds is 7. The Morgan fingerprint density at radius 3 is 2.63 bits per heavy atom. The van der Waals surface area contributed by atoms with Crippen LogP contribution in [0.3, 0.4) is 0 Å². The van der Waals surface area contributed by atoms with E-state index < -0.39 is 10.9 Å². The molecule has 0 bridgehead atoms. The number of carbonyl (C=O) groups excluding carboxylic acids is 1. The highest BCUT2D eigenvalue weighted by Crippen LogP contribution is 2.29. The first-order valence-corrected chi connectivity index (χ1v) is 8.88. The Bertz CT molecular complexity index is 712. The zero-order valence-corrected chi connectivity index (χ0v) is 16.2. The van der Waals surface area contributed by atoms with Crippen molar-refractivity contribution in [3.05, 3.63) is 34.1 Å². The number of esters is 1. The maximum atomic E-state index is 12.4. The molecule has 1 aliphatic rings. The third-order valence-electron chi connectivity index (χ3n) is 4.14. The Morgan fingerprint density at radius 2 is 2.07 bits per heavy atom. The Labute approximate surface area is 158 Å². The topological polar surface area (TPSA) is 98.0 Å². The first-order valence-electron chi connectivity index (χ1n) is 8.88. The molecule has 0 atom stereocenters. The number of hydrogen-bond donors (Lipinski definition) is 0. The molecule has 0 N–H and O–H groups in total. The molecular formula is C18H26N4O5. The maximum Gasteiger partial charge on any atom is 0.342 e. The number of likely N-dealkylation sites (tertiary alicyclic amines) is 1. The number of carbonyl (C=O) groups is 1.